The summed E-state index contributed by atoms with van der Waals surface area (Å²) in [5.41, 5.74) is 0.191. The van der Waals surface area contributed by atoms with Gasteiger partial charge in [0.2, 0.25) is 0 Å². The van der Waals surface area contributed by atoms with Crippen LogP contribution in [0.25, 0.3) is 0 Å². The van der Waals surface area contributed by atoms with Crippen molar-refractivity contribution in [2.45, 2.75) is 103 Å². The average molecular weight is 943 g/mol. The van der Waals surface area contributed by atoms with Crippen molar-refractivity contribution in [3.05, 3.63) is 97.6 Å². The monoisotopic (exact) mass is 942 g/mol. The molecule has 0 atom stereocenters. The highest BCUT2D eigenvalue weighted by molar-refractivity contribution is 5.82. The first-order chi connectivity index (χ1) is 33.2. The number of esters is 4. The molecule has 15 heteroatoms. The molecule has 0 radical (unpaired) electrons. The van der Waals surface area contributed by atoms with Crippen molar-refractivity contribution in [3.63, 3.8) is 0 Å². The van der Waals surface area contributed by atoms with Crippen molar-refractivity contribution in [2.24, 2.45) is 23.7 Å². The molecular weight excluding hydrogens is 877 g/mol. The number of benzene rings is 3. The fraction of sp³-hybridized carbons (Fsp3) is 0.491. The second-order valence-electron chi connectivity index (χ2n) is 17.0. The first kappa shape index (κ1) is 52.8. The van der Waals surface area contributed by atoms with Crippen molar-refractivity contribution in [1.29, 1.82) is 0 Å². The largest absolute Gasteiger partial charge is 0.494 e. The van der Waals surface area contributed by atoms with E-state index in [2.05, 4.69) is 13.2 Å². The van der Waals surface area contributed by atoms with Gasteiger partial charge in [0.1, 0.15) is 23.0 Å². The maximum Gasteiger partial charge on any atom is 0.330 e. The summed E-state index contributed by atoms with van der Waals surface area (Å²) >= 11 is 0. The van der Waals surface area contributed by atoms with E-state index in [4.69, 9.17) is 48.0 Å². The van der Waals surface area contributed by atoms with Crippen molar-refractivity contribution in [2.75, 3.05) is 39.6 Å². The predicted molar refractivity (Wildman–Crippen MR) is 250 cm³/mol. The molecule has 3 aromatic carbocycles. The fourth-order valence-corrected chi connectivity index (χ4v) is 7.83. The predicted octanol–water partition coefficient (Wildman–Crippen LogP) is 10.3. The van der Waals surface area contributed by atoms with E-state index < -0.39 is 11.9 Å². The highest BCUT2D eigenvalue weighted by Crippen LogP contribution is 2.33. The molecule has 2 saturated carbocycles. The topological polar surface area (TPSA) is 178 Å². The molecule has 0 unspecified atom stereocenters. The van der Waals surface area contributed by atoms with E-state index in [1.807, 2.05) is 12.1 Å². The normalized spacial score (nSPS) is 17.7. The van der Waals surface area contributed by atoms with Gasteiger partial charge in [0.25, 0.3) is 0 Å². The summed E-state index contributed by atoms with van der Waals surface area (Å²) in [7, 11) is 0. The summed E-state index contributed by atoms with van der Waals surface area (Å²) in [6.45, 7) is 9.38. The number of hydrogen-bond donors (Lipinski definition) is 0. The average Bonchev–Trinajstić information content (AvgIpc) is 3.37. The number of hydrogen-bond acceptors (Lipinski definition) is 15. The lowest BCUT2D eigenvalue weighted by molar-refractivity contribution is -0.218. The third-order valence-electron chi connectivity index (χ3n) is 11.9. The van der Waals surface area contributed by atoms with Gasteiger partial charge in [0, 0.05) is 12.2 Å². The lowest BCUT2D eigenvalue weighted by Gasteiger charge is -2.26. The molecule has 2 fully saturated rings. The first-order valence-electron chi connectivity index (χ1n) is 23.9. The third-order valence-corrected chi connectivity index (χ3v) is 11.9. The Morgan fingerprint density at radius 1 is 0.485 bits per heavy atom. The fourth-order valence-electron chi connectivity index (χ4n) is 7.83. The Balaban J connectivity index is 0.891. The van der Waals surface area contributed by atoms with Gasteiger partial charge >= 0.3 is 23.9 Å². The van der Waals surface area contributed by atoms with Crippen LogP contribution in [0.4, 0.5) is 0 Å². The molecule has 2 aliphatic carbocycles. The quantitative estimate of drug-likeness (QED) is 0.0113. The molecule has 0 amide bonds. The molecule has 5 rings (SSSR count). The van der Waals surface area contributed by atoms with E-state index in [1.54, 1.807) is 48.5 Å². The van der Waals surface area contributed by atoms with Crippen LogP contribution in [0, 0.1) is 23.7 Å². The van der Waals surface area contributed by atoms with Gasteiger partial charge in [-0.05, 0) is 181 Å². The summed E-state index contributed by atoms with van der Waals surface area (Å²) in [5, 5.41) is 0. The molecule has 0 aliphatic heterocycles. The van der Waals surface area contributed by atoms with E-state index in [0.717, 1.165) is 95.0 Å². The molecule has 0 N–H and O–H groups in total. The minimum absolute atomic E-state index is 0.167. The van der Waals surface area contributed by atoms with Crippen molar-refractivity contribution in [3.8, 4) is 34.5 Å². The summed E-state index contributed by atoms with van der Waals surface area (Å²) < 4.78 is 32.9. The van der Waals surface area contributed by atoms with E-state index in [0.29, 0.717) is 82.3 Å². The molecule has 0 aromatic heterocycles. The molecule has 0 saturated heterocycles. The number of unbranched alkanes of at least 4 members (excludes halogenated alkanes) is 6. The SMILES string of the molecule is C=CC(=O)OCCCCCCOc1ccc(OOCC2CCC(C(=O)Oc3ccc(OOCC4CCC(C(=O)Oc5ccc(OCCCCCCOC(=O)C=C)cc5)CC4)c(C=O)c3)CC2)cc1. The van der Waals surface area contributed by atoms with Gasteiger partial charge in [0.05, 0.1) is 57.0 Å². The molecule has 0 heterocycles. The second-order valence-corrected chi connectivity index (χ2v) is 17.0. The van der Waals surface area contributed by atoms with E-state index in [1.165, 1.54) is 6.07 Å². The van der Waals surface area contributed by atoms with Gasteiger partial charge in [-0.3, -0.25) is 14.4 Å². The molecule has 0 bridgehead atoms. The summed E-state index contributed by atoms with van der Waals surface area (Å²) in [5.74, 6) is 1.44. The van der Waals surface area contributed by atoms with Crippen LogP contribution in [0.5, 0.6) is 34.5 Å². The zero-order valence-corrected chi connectivity index (χ0v) is 39.0. The maximum atomic E-state index is 13.1. The first-order valence-corrected chi connectivity index (χ1v) is 23.9. The Morgan fingerprint density at radius 3 is 1.37 bits per heavy atom. The van der Waals surface area contributed by atoms with Crippen LogP contribution >= 0.6 is 0 Å². The lowest BCUT2D eigenvalue weighted by atomic mass is 9.82. The van der Waals surface area contributed by atoms with Crippen LogP contribution in [0.3, 0.4) is 0 Å². The van der Waals surface area contributed by atoms with E-state index >= 15 is 0 Å². The summed E-state index contributed by atoms with van der Waals surface area (Å²) in [6, 6.07) is 18.8. The van der Waals surface area contributed by atoms with Crippen LogP contribution in [0.2, 0.25) is 0 Å². The van der Waals surface area contributed by atoms with E-state index in [9.17, 15) is 24.0 Å². The molecule has 2 aliphatic rings. The zero-order chi connectivity index (χ0) is 48.2. The second kappa shape index (κ2) is 30.2. The molecule has 0 spiro atoms. The van der Waals surface area contributed by atoms with Gasteiger partial charge in [-0.25, -0.2) is 9.59 Å². The van der Waals surface area contributed by atoms with Crippen LogP contribution < -0.4 is 28.7 Å². The summed E-state index contributed by atoms with van der Waals surface area (Å²) in [4.78, 5) is 82.1. The lowest BCUT2D eigenvalue weighted by Crippen LogP contribution is -2.27. The maximum absolute atomic E-state index is 13.1. The Bertz CT molecular complexity index is 2020. The minimum atomic E-state index is -0.402. The van der Waals surface area contributed by atoms with Crippen LogP contribution in [-0.4, -0.2) is 69.8 Å². The highest BCUT2D eigenvalue weighted by atomic mass is 17.2. The van der Waals surface area contributed by atoms with E-state index in [-0.39, 0.29) is 59.3 Å². The Kier molecular flexibility index (Phi) is 23.5. The number of carbonyl (C=O) groups is 5. The molecule has 15 nitrogen and oxygen atoms in total. The van der Waals surface area contributed by atoms with Gasteiger partial charge in [0.15, 0.2) is 17.8 Å². The van der Waals surface area contributed by atoms with Crippen LogP contribution in [0.1, 0.15) is 113 Å². The number of ether oxygens (including phenoxy) is 6. The molecule has 68 heavy (non-hydrogen) atoms. The van der Waals surface area contributed by atoms with Crippen LogP contribution in [-0.2, 0) is 38.4 Å². The van der Waals surface area contributed by atoms with Crippen molar-refractivity contribution < 1.29 is 71.9 Å². The zero-order valence-electron chi connectivity index (χ0n) is 39.0. The van der Waals surface area contributed by atoms with Gasteiger partial charge < -0.3 is 38.2 Å². The molecule has 3 aromatic rings. The van der Waals surface area contributed by atoms with Gasteiger partial charge in [-0.2, -0.15) is 9.78 Å². The van der Waals surface area contributed by atoms with Crippen molar-refractivity contribution in [1.82, 2.24) is 0 Å². The molecular formula is C53H66O15. The number of aldehydes is 1. The Morgan fingerprint density at radius 2 is 0.897 bits per heavy atom. The third kappa shape index (κ3) is 19.6. The highest BCUT2D eigenvalue weighted by Gasteiger charge is 2.30. The smallest absolute Gasteiger partial charge is 0.330 e. The minimum Gasteiger partial charge on any atom is -0.494 e. The Labute approximate surface area is 399 Å². The standard InChI is InChI=1S/C53H66O15/c1-3-50(55)61-33-11-7-5-9-31-59-44-21-25-46(26-22-44)65-52(57)41-17-15-40(16-18-41)38-64-68-49-30-29-48(35-43(49)36-54)66-53(58)42-19-13-39(14-20-42)37-63-67-47-27-23-45(24-28-47)60-32-10-6-8-12-34-62-51(56)4-2/h3-4,21-30,35-36,39-42H,1-2,5-20,31-34,37-38H2. The number of carbonyl (C=O) groups excluding carboxylic acids is 5. The Hall–Kier alpha value is -6.19. The van der Waals surface area contributed by atoms with Gasteiger partial charge in [-0.15, -0.1) is 0 Å². The molecule has 368 valence electrons. The number of rotatable bonds is 31. The summed E-state index contributed by atoms with van der Waals surface area (Å²) in [6.07, 6.45) is 15.8. The van der Waals surface area contributed by atoms with Crippen LogP contribution in [0.15, 0.2) is 92.0 Å². The van der Waals surface area contributed by atoms with Crippen molar-refractivity contribution >= 4 is 30.2 Å². The van der Waals surface area contributed by atoms with Gasteiger partial charge in [-0.1, -0.05) is 13.2 Å².